The van der Waals surface area contributed by atoms with E-state index in [0.717, 1.165) is 29.2 Å². The van der Waals surface area contributed by atoms with Crippen LogP contribution in [-0.4, -0.2) is 33.4 Å². The van der Waals surface area contributed by atoms with Crippen LogP contribution in [0.25, 0.3) is 10.7 Å². The summed E-state index contributed by atoms with van der Waals surface area (Å²) in [6, 6.07) is 3.97. The highest BCUT2D eigenvalue weighted by Crippen LogP contribution is 2.21. The summed E-state index contributed by atoms with van der Waals surface area (Å²) in [4.78, 5) is 5.43. The second kappa shape index (κ2) is 7.67. The van der Waals surface area contributed by atoms with Crippen LogP contribution in [0.4, 0.5) is 0 Å². The summed E-state index contributed by atoms with van der Waals surface area (Å²) in [6.45, 7) is 2.32. The summed E-state index contributed by atoms with van der Waals surface area (Å²) in [5.74, 6) is 3.83. The maximum absolute atomic E-state index is 8.92. The van der Waals surface area contributed by atoms with Crippen LogP contribution in [0.2, 0.25) is 0 Å². The fraction of sp³-hybridized carbons (Fsp3) is 0.538. The Morgan fingerprint density at radius 1 is 1.53 bits per heavy atom. The van der Waals surface area contributed by atoms with Crippen molar-refractivity contribution in [1.82, 2.24) is 10.1 Å². The molecule has 2 aromatic heterocycles. The molecule has 104 valence electrons. The van der Waals surface area contributed by atoms with Crippen molar-refractivity contribution >= 4 is 23.1 Å². The van der Waals surface area contributed by atoms with Crippen molar-refractivity contribution in [2.75, 3.05) is 18.1 Å². The van der Waals surface area contributed by atoms with E-state index in [9.17, 15) is 0 Å². The van der Waals surface area contributed by atoms with Crippen molar-refractivity contribution in [1.29, 1.82) is 0 Å². The van der Waals surface area contributed by atoms with Crippen LogP contribution in [0.3, 0.4) is 0 Å². The first kappa shape index (κ1) is 14.6. The molecule has 6 heteroatoms. The maximum Gasteiger partial charge on any atom is 0.227 e. The maximum atomic E-state index is 8.92. The molecule has 0 amide bonds. The van der Waals surface area contributed by atoms with E-state index >= 15 is 0 Å². The Balaban J connectivity index is 1.69. The summed E-state index contributed by atoms with van der Waals surface area (Å²) in [5, 5.41) is 14.9. The van der Waals surface area contributed by atoms with Gasteiger partial charge in [0.05, 0.1) is 4.88 Å². The van der Waals surface area contributed by atoms with Crippen LogP contribution in [0.15, 0.2) is 22.0 Å². The summed E-state index contributed by atoms with van der Waals surface area (Å²) in [7, 11) is 0. The number of aryl methyl sites for hydroxylation is 1. The van der Waals surface area contributed by atoms with Crippen LogP contribution in [0, 0.1) is 5.92 Å². The highest BCUT2D eigenvalue weighted by molar-refractivity contribution is 7.99. The number of nitrogens with zero attached hydrogens (tertiary/aromatic N) is 2. The SMILES string of the molecule is CC(CO)CSCCCc1nc(-c2cccs2)no1. The van der Waals surface area contributed by atoms with E-state index in [-0.39, 0.29) is 6.61 Å². The molecule has 0 saturated heterocycles. The van der Waals surface area contributed by atoms with Crippen LogP contribution in [0.1, 0.15) is 19.2 Å². The second-order valence-corrected chi connectivity index (χ2v) is 6.55. The van der Waals surface area contributed by atoms with Gasteiger partial charge in [0.25, 0.3) is 0 Å². The molecular formula is C13H18N2O2S2. The molecule has 2 aromatic rings. The summed E-state index contributed by atoms with van der Waals surface area (Å²) in [5.41, 5.74) is 0. The van der Waals surface area contributed by atoms with Crippen LogP contribution < -0.4 is 0 Å². The van der Waals surface area contributed by atoms with Gasteiger partial charge in [-0.15, -0.1) is 11.3 Å². The second-order valence-electron chi connectivity index (χ2n) is 4.46. The molecule has 1 unspecified atom stereocenters. The van der Waals surface area contributed by atoms with Crippen LogP contribution in [0.5, 0.6) is 0 Å². The van der Waals surface area contributed by atoms with Gasteiger partial charge in [-0.3, -0.25) is 0 Å². The molecule has 2 heterocycles. The van der Waals surface area contributed by atoms with Gasteiger partial charge in [-0.1, -0.05) is 18.1 Å². The Hall–Kier alpha value is -0.850. The minimum Gasteiger partial charge on any atom is -0.396 e. The van der Waals surface area contributed by atoms with E-state index in [1.165, 1.54) is 0 Å². The Kier molecular flexibility index (Phi) is 5.88. The number of thioether (sulfide) groups is 1. The number of aromatic nitrogens is 2. The number of aliphatic hydroxyl groups excluding tert-OH is 1. The van der Waals surface area contributed by atoms with Gasteiger partial charge in [-0.05, 0) is 35.3 Å². The van der Waals surface area contributed by atoms with E-state index in [2.05, 4.69) is 17.1 Å². The summed E-state index contributed by atoms with van der Waals surface area (Å²) < 4.78 is 5.23. The highest BCUT2D eigenvalue weighted by atomic mass is 32.2. The Bertz CT molecular complexity index is 471. The Morgan fingerprint density at radius 2 is 2.42 bits per heavy atom. The van der Waals surface area contributed by atoms with Crippen molar-refractivity contribution in [3.05, 3.63) is 23.4 Å². The van der Waals surface area contributed by atoms with E-state index in [4.69, 9.17) is 9.63 Å². The standard InChI is InChI=1S/C13H18N2O2S2/c1-10(8-16)9-18-6-3-5-12-14-13(15-17-12)11-4-2-7-19-11/h2,4,7,10,16H,3,5-6,8-9H2,1H3. The largest absolute Gasteiger partial charge is 0.396 e. The van der Waals surface area contributed by atoms with E-state index in [1.54, 1.807) is 11.3 Å². The van der Waals surface area contributed by atoms with Gasteiger partial charge >= 0.3 is 0 Å². The van der Waals surface area contributed by atoms with E-state index in [0.29, 0.717) is 17.6 Å². The molecule has 0 aliphatic carbocycles. The minimum atomic E-state index is 0.265. The molecule has 19 heavy (non-hydrogen) atoms. The van der Waals surface area contributed by atoms with E-state index in [1.807, 2.05) is 29.3 Å². The fourth-order valence-corrected chi connectivity index (χ4v) is 3.20. The molecule has 0 aliphatic heterocycles. The lowest BCUT2D eigenvalue weighted by Gasteiger charge is -2.05. The van der Waals surface area contributed by atoms with Crippen molar-refractivity contribution in [3.63, 3.8) is 0 Å². The number of hydrogen-bond acceptors (Lipinski definition) is 6. The predicted octanol–water partition coefficient (Wildman–Crippen LogP) is 3.09. The molecule has 0 aliphatic rings. The van der Waals surface area contributed by atoms with E-state index < -0.39 is 0 Å². The van der Waals surface area contributed by atoms with Gasteiger partial charge in [-0.2, -0.15) is 16.7 Å². The number of aliphatic hydroxyl groups is 1. The van der Waals surface area contributed by atoms with Gasteiger partial charge in [0.1, 0.15) is 0 Å². The lowest BCUT2D eigenvalue weighted by atomic mass is 10.2. The monoisotopic (exact) mass is 298 g/mol. The lowest BCUT2D eigenvalue weighted by Crippen LogP contribution is -2.04. The van der Waals surface area contributed by atoms with Crippen molar-refractivity contribution in [2.24, 2.45) is 5.92 Å². The van der Waals surface area contributed by atoms with Crippen LogP contribution >= 0.6 is 23.1 Å². The minimum absolute atomic E-state index is 0.265. The van der Waals surface area contributed by atoms with Crippen molar-refractivity contribution in [3.8, 4) is 10.7 Å². The zero-order valence-corrected chi connectivity index (χ0v) is 12.5. The Morgan fingerprint density at radius 3 is 3.16 bits per heavy atom. The smallest absolute Gasteiger partial charge is 0.227 e. The summed E-state index contributed by atoms with van der Waals surface area (Å²) >= 11 is 3.48. The van der Waals surface area contributed by atoms with Gasteiger partial charge in [0.15, 0.2) is 0 Å². The topological polar surface area (TPSA) is 59.2 Å². The number of thiophene rings is 1. The molecule has 0 bridgehead atoms. The first-order valence-corrected chi connectivity index (χ1v) is 8.38. The molecule has 0 radical (unpaired) electrons. The Labute approximate surface area is 121 Å². The normalized spacial score (nSPS) is 12.7. The average molecular weight is 298 g/mol. The molecule has 0 saturated carbocycles. The number of hydrogen-bond donors (Lipinski definition) is 1. The number of rotatable bonds is 8. The quantitative estimate of drug-likeness (QED) is 0.759. The molecule has 0 aromatic carbocycles. The highest BCUT2D eigenvalue weighted by Gasteiger charge is 2.09. The van der Waals surface area contributed by atoms with Crippen molar-refractivity contribution in [2.45, 2.75) is 19.8 Å². The van der Waals surface area contributed by atoms with Gasteiger partial charge in [0, 0.05) is 13.0 Å². The van der Waals surface area contributed by atoms with Gasteiger partial charge in [0.2, 0.25) is 11.7 Å². The third-order valence-corrected chi connectivity index (χ3v) is 4.85. The van der Waals surface area contributed by atoms with Crippen LogP contribution in [-0.2, 0) is 6.42 Å². The zero-order valence-electron chi connectivity index (χ0n) is 10.9. The zero-order chi connectivity index (χ0) is 13.5. The molecule has 1 N–H and O–H groups in total. The van der Waals surface area contributed by atoms with Gasteiger partial charge < -0.3 is 9.63 Å². The average Bonchev–Trinajstić information content (AvgIpc) is 3.08. The molecule has 0 spiro atoms. The lowest BCUT2D eigenvalue weighted by molar-refractivity contribution is 0.250. The molecular weight excluding hydrogens is 280 g/mol. The first-order chi connectivity index (χ1) is 9.29. The summed E-state index contributed by atoms with van der Waals surface area (Å²) in [6.07, 6.45) is 1.84. The molecule has 0 fully saturated rings. The third-order valence-electron chi connectivity index (χ3n) is 2.60. The fourth-order valence-electron chi connectivity index (χ4n) is 1.52. The predicted molar refractivity (Wildman–Crippen MR) is 79.5 cm³/mol. The third kappa shape index (κ3) is 4.63. The molecule has 4 nitrogen and oxygen atoms in total. The molecule has 1 atom stereocenters. The first-order valence-electron chi connectivity index (χ1n) is 6.34. The van der Waals surface area contributed by atoms with Crippen molar-refractivity contribution < 1.29 is 9.63 Å². The van der Waals surface area contributed by atoms with Gasteiger partial charge in [-0.25, -0.2) is 0 Å². The molecule has 2 rings (SSSR count).